The molecule has 1 unspecified atom stereocenters. The third-order valence-corrected chi connectivity index (χ3v) is 4.36. The summed E-state index contributed by atoms with van der Waals surface area (Å²) in [6, 6.07) is 12.1. The maximum Gasteiger partial charge on any atom is 0.258 e. The van der Waals surface area contributed by atoms with Gasteiger partial charge >= 0.3 is 0 Å². The molecule has 0 spiro atoms. The molecule has 3 rings (SSSR count). The van der Waals surface area contributed by atoms with E-state index in [4.69, 9.17) is 0 Å². The fourth-order valence-electron chi connectivity index (χ4n) is 2.79. The smallest absolute Gasteiger partial charge is 0.258 e. The van der Waals surface area contributed by atoms with Gasteiger partial charge in [0.05, 0.1) is 0 Å². The highest BCUT2D eigenvalue weighted by Crippen LogP contribution is 2.32. The Morgan fingerprint density at radius 1 is 1.29 bits per heavy atom. The number of benzene rings is 2. The normalized spacial score (nSPS) is 17.5. The van der Waals surface area contributed by atoms with Gasteiger partial charge in [-0.15, -0.1) is 0 Å². The lowest BCUT2D eigenvalue weighted by atomic mass is 9.95. The molecule has 2 aromatic carbocycles. The first-order valence-electron chi connectivity index (χ1n) is 6.94. The maximum atomic E-state index is 13.4. The molecule has 0 aliphatic carbocycles. The molecule has 108 valence electrons. The van der Waals surface area contributed by atoms with Gasteiger partial charge in [0, 0.05) is 21.8 Å². The summed E-state index contributed by atoms with van der Waals surface area (Å²) in [6.07, 6.45) is 1.65. The van der Waals surface area contributed by atoms with E-state index in [-0.39, 0.29) is 17.8 Å². The molecule has 1 aliphatic rings. The number of aryl methyl sites for hydroxylation is 1. The third-order valence-electron chi connectivity index (χ3n) is 3.86. The zero-order valence-corrected chi connectivity index (χ0v) is 13.2. The van der Waals surface area contributed by atoms with Crippen molar-refractivity contribution in [2.45, 2.75) is 25.8 Å². The van der Waals surface area contributed by atoms with E-state index in [0.717, 1.165) is 28.6 Å². The number of halogens is 2. The molecule has 0 N–H and O–H groups in total. The molecule has 21 heavy (non-hydrogen) atoms. The van der Waals surface area contributed by atoms with Crippen molar-refractivity contribution >= 4 is 27.5 Å². The monoisotopic (exact) mass is 347 g/mol. The number of carbonyl (C=O) groups excluding carboxylic acids is 1. The first kappa shape index (κ1) is 14.3. The van der Waals surface area contributed by atoms with Crippen LogP contribution in [0, 0.1) is 5.82 Å². The van der Waals surface area contributed by atoms with E-state index in [9.17, 15) is 9.18 Å². The topological polar surface area (TPSA) is 20.3 Å². The second kappa shape index (κ2) is 5.60. The van der Waals surface area contributed by atoms with Crippen LogP contribution in [0.25, 0.3) is 0 Å². The average molecular weight is 348 g/mol. The van der Waals surface area contributed by atoms with Crippen molar-refractivity contribution in [1.82, 2.24) is 0 Å². The Morgan fingerprint density at radius 3 is 2.86 bits per heavy atom. The maximum absolute atomic E-state index is 13.4. The Labute approximate surface area is 131 Å². The van der Waals surface area contributed by atoms with Gasteiger partial charge < -0.3 is 4.90 Å². The second-order valence-electron chi connectivity index (χ2n) is 5.35. The van der Waals surface area contributed by atoms with Gasteiger partial charge in [-0.1, -0.05) is 22.0 Å². The van der Waals surface area contributed by atoms with E-state index in [1.807, 2.05) is 25.1 Å². The SMILES string of the molecule is CC1CCc2cc(F)ccc2N1C(=O)c1cccc(Br)c1. The van der Waals surface area contributed by atoms with Crippen LogP contribution in [0.1, 0.15) is 29.3 Å². The molecule has 2 nitrogen and oxygen atoms in total. The molecule has 0 radical (unpaired) electrons. The largest absolute Gasteiger partial charge is 0.305 e. The summed E-state index contributed by atoms with van der Waals surface area (Å²) < 4.78 is 14.3. The first-order chi connectivity index (χ1) is 10.1. The molecule has 0 aromatic heterocycles. The van der Waals surface area contributed by atoms with Gasteiger partial charge in [0.1, 0.15) is 5.82 Å². The Bertz CT molecular complexity index is 701. The van der Waals surface area contributed by atoms with Crippen LogP contribution in [0.15, 0.2) is 46.9 Å². The number of carbonyl (C=O) groups is 1. The van der Waals surface area contributed by atoms with Crippen LogP contribution in [0.3, 0.4) is 0 Å². The molecule has 0 saturated heterocycles. The van der Waals surface area contributed by atoms with Crippen LogP contribution >= 0.6 is 15.9 Å². The van der Waals surface area contributed by atoms with Gasteiger partial charge in [-0.05, 0) is 61.7 Å². The van der Waals surface area contributed by atoms with Crippen molar-refractivity contribution in [3.63, 3.8) is 0 Å². The zero-order valence-electron chi connectivity index (χ0n) is 11.6. The number of hydrogen-bond acceptors (Lipinski definition) is 1. The Hall–Kier alpha value is -1.68. The van der Waals surface area contributed by atoms with Crippen LogP contribution in [-0.2, 0) is 6.42 Å². The molecule has 0 saturated carbocycles. The summed E-state index contributed by atoms with van der Waals surface area (Å²) in [4.78, 5) is 14.6. The summed E-state index contributed by atoms with van der Waals surface area (Å²) in [5, 5.41) is 0. The summed E-state index contributed by atoms with van der Waals surface area (Å²) in [5.74, 6) is -0.297. The molecule has 0 fully saturated rings. The first-order valence-corrected chi connectivity index (χ1v) is 7.73. The molecule has 2 aromatic rings. The van der Waals surface area contributed by atoms with E-state index < -0.39 is 0 Å². The van der Waals surface area contributed by atoms with E-state index >= 15 is 0 Å². The van der Waals surface area contributed by atoms with Crippen molar-refractivity contribution < 1.29 is 9.18 Å². The van der Waals surface area contributed by atoms with Crippen molar-refractivity contribution in [2.75, 3.05) is 4.90 Å². The minimum absolute atomic E-state index is 0.0450. The third kappa shape index (κ3) is 2.72. The van der Waals surface area contributed by atoms with Gasteiger partial charge in [-0.25, -0.2) is 4.39 Å². The Morgan fingerprint density at radius 2 is 2.10 bits per heavy atom. The molecule has 1 heterocycles. The lowest BCUT2D eigenvalue weighted by Crippen LogP contribution is -2.42. The van der Waals surface area contributed by atoms with Crippen molar-refractivity contribution in [2.24, 2.45) is 0 Å². The van der Waals surface area contributed by atoms with Gasteiger partial charge in [0.15, 0.2) is 0 Å². The Kier molecular flexibility index (Phi) is 3.81. The molecular weight excluding hydrogens is 333 g/mol. The van der Waals surface area contributed by atoms with Gasteiger partial charge in [0.25, 0.3) is 5.91 Å². The van der Waals surface area contributed by atoms with Crippen LogP contribution in [0.2, 0.25) is 0 Å². The molecular formula is C17H15BrFNO. The summed E-state index contributed by atoms with van der Waals surface area (Å²) in [5.41, 5.74) is 2.35. The molecule has 1 atom stereocenters. The highest BCUT2D eigenvalue weighted by atomic mass is 79.9. The number of fused-ring (bicyclic) bond motifs is 1. The summed E-state index contributed by atoms with van der Waals surface area (Å²) >= 11 is 3.39. The predicted molar refractivity (Wildman–Crippen MR) is 85.1 cm³/mol. The van der Waals surface area contributed by atoms with Crippen molar-refractivity contribution in [3.05, 3.63) is 63.9 Å². The van der Waals surface area contributed by atoms with Gasteiger partial charge in [0.2, 0.25) is 0 Å². The van der Waals surface area contributed by atoms with Crippen molar-refractivity contribution in [1.29, 1.82) is 0 Å². The van der Waals surface area contributed by atoms with E-state index in [1.165, 1.54) is 12.1 Å². The van der Waals surface area contributed by atoms with E-state index in [2.05, 4.69) is 15.9 Å². The second-order valence-corrected chi connectivity index (χ2v) is 6.26. The fraction of sp³-hybridized carbons (Fsp3) is 0.235. The molecule has 1 aliphatic heterocycles. The number of amides is 1. The lowest BCUT2D eigenvalue weighted by Gasteiger charge is -2.35. The number of rotatable bonds is 1. The van der Waals surface area contributed by atoms with E-state index in [0.29, 0.717) is 5.56 Å². The minimum Gasteiger partial charge on any atom is -0.305 e. The van der Waals surface area contributed by atoms with Crippen LogP contribution < -0.4 is 4.90 Å². The molecule has 4 heteroatoms. The number of hydrogen-bond donors (Lipinski definition) is 0. The summed E-state index contributed by atoms with van der Waals surface area (Å²) in [6.45, 7) is 2.03. The van der Waals surface area contributed by atoms with E-state index in [1.54, 1.807) is 17.0 Å². The Balaban J connectivity index is 2.03. The molecule has 1 amide bonds. The van der Waals surface area contributed by atoms with Crippen LogP contribution in [0.5, 0.6) is 0 Å². The highest BCUT2D eigenvalue weighted by molar-refractivity contribution is 9.10. The summed E-state index contributed by atoms with van der Waals surface area (Å²) in [7, 11) is 0. The van der Waals surface area contributed by atoms with Gasteiger partial charge in [-0.2, -0.15) is 0 Å². The van der Waals surface area contributed by atoms with Crippen molar-refractivity contribution in [3.8, 4) is 0 Å². The minimum atomic E-state index is -0.252. The fourth-order valence-corrected chi connectivity index (χ4v) is 3.19. The quantitative estimate of drug-likeness (QED) is 0.739. The van der Waals surface area contributed by atoms with Gasteiger partial charge in [-0.3, -0.25) is 4.79 Å². The predicted octanol–water partition coefficient (Wildman–Crippen LogP) is 4.57. The van der Waals surface area contributed by atoms with Crippen LogP contribution in [-0.4, -0.2) is 11.9 Å². The standard InChI is InChI=1S/C17H15BrFNO/c1-11-5-6-12-10-15(19)7-8-16(12)20(11)17(21)13-3-2-4-14(18)9-13/h2-4,7-11H,5-6H2,1H3. The zero-order chi connectivity index (χ0) is 15.0. The highest BCUT2D eigenvalue weighted by Gasteiger charge is 2.29. The average Bonchev–Trinajstić information content (AvgIpc) is 2.47. The molecule has 0 bridgehead atoms. The number of nitrogens with zero attached hydrogens (tertiary/aromatic N) is 1. The van der Waals surface area contributed by atoms with Crippen LogP contribution in [0.4, 0.5) is 10.1 Å². The lowest BCUT2D eigenvalue weighted by molar-refractivity contribution is 0.0975. The number of anilines is 1.